The number of ether oxygens (including phenoxy) is 1. The Balaban J connectivity index is 2.26. The van der Waals surface area contributed by atoms with Gasteiger partial charge in [0.25, 0.3) is 9.05 Å². The topological polar surface area (TPSA) is 61.2 Å². The predicted octanol–water partition coefficient (Wildman–Crippen LogP) is 3.05. The lowest BCUT2D eigenvalue weighted by Crippen LogP contribution is -2.01. The molecule has 1 aromatic carbocycles. The number of aryl methyl sites for hydroxylation is 1. The highest BCUT2D eigenvalue weighted by Crippen LogP contribution is 2.30. The van der Waals surface area contributed by atoms with Crippen molar-refractivity contribution >= 4 is 19.7 Å². The van der Waals surface area contributed by atoms with Gasteiger partial charge in [-0.1, -0.05) is 13.8 Å². The van der Waals surface area contributed by atoms with Gasteiger partial charge in [-0.05, 0) is 29.7 Å². The molecule has 7 heteroatoms. The Morgan fingerprint density at radius 1 is 1.38 bits per heavy atom. The molecule has 0 radical (unpaired) electrons. The fourth-order valence-electron chi connectivity index (χ4n) is 1.97. The summed E-state index contributed by atoms with van der Waals surface area (Å²) in [7, 11) is 3.48. The molecule has 114 valence electrons. The minimum absolute atomic E-state index is 0.0848. The van der Waals surface area contributed by atoms with Gasteiger partial charge < -0.3 is 4.74 Å². The van der Waals surface area contributed by atoms with Crippen molar-refractivity contribution < 1.29 is 13.2 Å². The molecular weight excluding hydrogens is 312 g/mol. The van der Waals surface area contributed by atoms with Gasteiger partial charge in [-0.3, -0.25) is 4.68 Å². The molecule has 0 aliphatic heterocycles. The van der Waals surface area contributed by atoms with Crippen LogP contribution in [0.5, 0.6) is 5.75 Å². The van der Waals surface area contributed by atoms with E-state index in [4.69, 9.17) is 15.4 Å². The molecule has 0 aliphatic rings. The van der Waals surface area contributed by atoms with Crippen LogP contribution in [0.2, 0.25) is 0 Å². The second-order valence-electron chi connectivity index (χ2n) is 5.10. The summed E-state index contributed by atoms with van der Waals surface area (Å²) in [5, 5.41) is 4.07. The van der Waals surface area contributed by atoms with E-state index >= 15 is 0 Å². The maximum atomic E-state index is 11.4. The summed E-state index contributed by atoms with van der Waals surface area (Å²) in [5.41, 5.74) is 1.75. The average Bonchev–Trinajstić information content (AvgIpc) is 2.80. The minimum Gasteiger partial charge on any atom is -0.488 e. The van der Waals surface area contributed by atoms with E-state index < -0.39 is 9.05 Å². The third-order valence-electron chi connectivity index (χ3n) is 3.04. The van der Waals surface area contributed by atoms with Gasteiger partial charge in [0.05, 0.1) is 11.1 Å². The average molecular weight is 329 g/mol. The molecule has 0 atom stereocenters. The molecule has 5 nitrogen and oxygen atoms in total. The van der Waals surface area contributed by atoms with Gasteiger partial charge in [0.2, 0.25) is 0 Å². The SMILES string of the molecule is CC(C)c1cc(S(=O)(=O)Cl)ccc1OCc1cnn(C)c1. The number of aromatic nitrogens is 2. The van der Waals surface area contributed by atoms with Crippen LogP contribution < -0.4 is 4.74 Å². The Hall–Kier alpha value is -1.53. The summed E-state index contributed by atoms with van der Waals surface area (Å²) in [5.74, 6) is 0.769. The number of benzene rings is 1. The molecule has 1 aromatic heterocycles. The normalized spacial score (nSPS) is 11.9. The Kier molecular flexibility index (Phi) is 4.58. The zero-order valence-corrected chi connectivity index (χ0v) is 13.6. The first-order chi connectivity index (χ1) is 9.77. The van der Waals surface area contributed by atoms with Crippen LogP contribution in [0.1, 0.15) is 30.9 Å². The first-order valence-corrected chi connectivity index (χ1v) is 8.77. The fourth-order valence-corrected chi connectivity index (χ4v) is 2.75. The lowest BCUT2D eigenvalue weighted by atomic mass is 10.0. The maximum Gasteiger partial charge on any atom is 0.261 e. The van der Waals surface area contributed by atoms with E-state index in [1.165, 1.54) is 6.07 Å². The maximum absolute atomic E-state index is 11.4. The molecule has 0 fully saturated rings. The van der Waals surface area contributed by atoms with Crippen molar-refractivity contribution in [1.82, 2.24) is 9.78 Å². The number of nitrogens with zero attached hydrogens (tertiary/aromatic N) is 2. The van der Waals surface area contributed by atoms with E-state index in [9.17, 15) is 8.42 Å². The highest BCUT2D eigenvalue weighted by Gasteiger charge is 2.16. The van der Waals surface area contributed by atoms with Gasteiger partial charge in [0, 0.05) is 29.5 Å². The monoisotopic (exact) mass is 328 g/mol. The third kappa shape index (κ3) is 3.98. The second kappa shape index (κ2) is 6.07. The van der Waals surface area contributed by atoms with E-state index in [1.807, 2.05) is 27.1 Å². The van der Waals surface area contributed by atoms with E-state index in [0.717, 1.165) is 11.1 Å². The Morgan fingerprint density at radius 3 is 2.62 bits per heavy atom. The van der Waals surface area contributed by atoms with Crippen LogP contribution in [0.4, 0.5) is 0 Å². The molecule has 0 N–H and O–H groups in total. The summed E-state index contributed by atoms with van der Waals surface area (Å²) < 4.78 is 30.3. The summed E-state index contributed by atoms with van der Waals surface area (Å²) in [6.45, 7) is 4.31. The van der Waals surface area contributed by atoms with Gasteiger partial charge in [0.15, 0.2) is 0 Å². The minimum atomic E-state index is -3.74. The summed E-state index contributed by atoms with van der Waals surface area (Å²) in [4.78, 5) is 0.0848. The van der Waals surface area contributed by atoms with Crippen LogP contribution in [0, 0.1) is 0 Å². The van der Waals surface area contributed by atoms with Crippen LogP contribution in [0.25, 0.3) is 0 Å². The highest BCUT2D eigenvalue weighted by atomic mass is 35.7. The van der Waals surface area contributed by atoms with Crippen LogP contribution in [0.15, 0.2) is 35.5 Å². The molecule has 1 heterocycles. The first kappa shape index (κ1) is 15.9. The molecule has 0 saturated carbocycles. The Labute approximate surface area is 128 Å². The highest BCUT2D eigenvalue weighted by molar-refractivity contribution is 8.13. The largest absolute Gasteiger partial charge is 0.488 e. The molecule has 2 rings (SSSR count). The van der Waals surface area contributed by atoms with Gasteiger partial charge in [-0.2, -0.15) is 5.10 Å². The lowest BCUT2D eigenvalue weighted by Gasteiger charge is -2.14. The van der Waals surface area contributed by atoms with Crippen molar-refractivity contribution in [3.8, 4) is 5.75 Å². The van der Waals surface area contributed by atoms with Crippen molar-refractivity contribution in [3.63, 3.8) is 0 Å². The molecule has 0 amide bonds. The van der Waals surface area contributed by atoms with E-state index in [1.54, 1.807) is 23.0 Å². The summed E-state index contributed by atoms with van der Waals surface area (Å²) >= 11 is 0. The molecule has 0 spiro atoms. The molecular formula is C14H17ClN2O3S. The van der Waals surface area contributed by atoms with E-state index in [-0.39, 0.29) is 10.8 Å². The van der Waals surface area contributed by atoms with Crippen LogP contribution in [0.3, 0.4) is 0 Å². The number of halogens is 1. The van der Waals surface area contributed by atoms with Crippen molar-refractivity contribution in [2.24, 2.45) is 7.05 Å². The quantitative estimate of drug-likeness (QED) is 0.791. The van der Waals surface area contributed by atoms with E-state index in [0.29, 0.717) is 12.4 Å². The number of hydrogen-bond donors (Lipinski definition) is 0. The smallest absolute Gasteiger partial charge is 0.261 e. The van der Waals surface area contributed by atoms with Gasteiger partial charge in [0.1, 0.15) is 12.4 Å². The van der Waals surface area contributed by atoms with Crippen LogP contribution in [-0.2, 0) is 22.7 Å². The van der Waals surface area contributed by atoms with Crippen LogP contribution >= 0.6 is 10.7 Å². The Bertz CT molecular complexity index is 738. The molecule has 21 heavy (non-hydrogen) atoms. The standard InChI is InChI=1S/C14H17ClN2O3S/c1-10(2)13-6-12(21(15,18)19)4-5-14(13)20-9-11-7-16-17(3)8-11/h4-8,10H,9H2,1-3H3. The van der Waals surface area contributed by atoms with Crippen molar-refractivity contribution in [2.75, 3.05) is 0 Å². The van der Waals surface area contributed by atoms with Gasteiger partial charge in [-0.25, -0.2) is 8.42 Å². The van der Waals surface area contributed by atoms with Crippen molar-refractivity contribution in [2.45, 2.75) is 31.3 Å². The molecule has 0 bridgehead atoms. The first-order valence-electron chi connectivity index (χ1n) is 6.46. The zero-order chi connectivity index (χ0) is 15.6. The summed E-state index contributed by atoms with van der Waals surface area (Å²) in [6, 6.07) is 4.65. The fraction of sp³-hybridized carbons (Fsp3) is 0.357. The van der Waals surface area contributed by atoms with Crippen molar-refractivity contribution in [3.05, 3.63) is 41.7 Å². The molecule has 2 aromatic rings. The number of hydrogen-bond acceptors (Lipinski definition) is 4. The predicted molar refractivity (Wildman–Crippen MR) is 81.1 cm³/mol. The molecule has 0 saturated heterocycles. The second-order valence-corrected chi connectivity index (χ2v) is 7.67. The zero-order valence-electron chi connectivity index (χ0n) is 12.1. The van der Waals surface area contributed by atoms with Gasteiger partial charge in [-0.15, -0.1) is 0 Å². The third-order valence-corrected chi connectivity index (χ3v) is 4.39. The number of rotatable bonds is 5. The van der Waals surface area contributed by atoms with Crippen molar-refractivity contribution in [1.29, 1.82) is 0 Å². The van der Waals surface area contributed by atoms with Gasteiger partial charge >= 0.3 is 0 Å². The molecule has 0 unspecified atom stereocenters. The Morgan fingerprint density at radius 2 is 2.10 bits per heavy atom. The van der Waals surface area contributed by atoms with Crippen LogP contribution in [-0.4, -0.2) is 18.2 Å². The van der Waals surface area contributed by atoms with E-state index in [2.05, 4.69) is 5.10 Å². The lowest BCUT2D eigenvalue weighted by molar-refractivity contribution is 0.301. The summed E-state index contributed by atoms with van der Waals surface area (Å²) in [6.07, 6.45) is 3.60. The molecule has 0 aliphatic carbocycles.